The number of alkyl halides is 3. The summed E-state index contributed by atoms with van der Waals surface area (Å²) >= 11 is 0. The number of halogens is 3. The number of nitro benzene ring substituents is 2. The Labute approximate surface area is 126 Å². The monoisotopic (exact) mass is 339 g/mol. The summed E-state index contributed by atoms with van der Waals surface area (Å²) in [6.07, 6.45) is -5.01. The molecule has 0 atom stereocenters. The molecule has 0 heterocycles. The van der Waals surface area contributed by atoms with Gasteiger partial charge in [0.1, 0.15) is 0 Å². The molecule has 12 heteroatoms. The predicted octanol–water partition coefficient (Wildman–Crippen LogP) is 1.31. The van der Waals surface area contributed by atoms with Gasteiger partial charge in [-0.15, -0.1) is 0 Å². The Morgan fingerprint density at radius 3 is 1.65 bits per heavy atom. The molecule has 0 saturated heterocycles. The van der Waals surface area contributed by atoms with E-state index in [-0.39, 0.29) is 25.2 Å². The Morgan fingerprint density at radius 2 is 1.39 bits per heavy atom. The Morgan fingerprint density at radius 1 is 1.00 bits per heavy atom. The fourth-order valence-electron chi connectivity index (χ4n) is 1.95. The lowest BCUT2D eigenvalue weighted by atomic mass is 10.1. The second-order valence-electron chi connectivity index (χ2n) is 4.31. The topological polar surface area (TPSA) is 130 Å². The number of hydrogen-bond donors (Lipinski definition) is 2. The summed E-state index contributed by atoms with van der Waals surface area (Å²) in [6.45, 7) is -1.83. The van der Waals surface area contributed by atoms with Crippen LogP contribution in [0.5, 0.6) is 0 Å². The number of nitro groups is 2. The van der Waals surface area contributed by atoms with E-state index in [9.17, 15) is 33.4 Å². The third-order valence-electron chi connectivity index (χ3n) is 2.85. The molecule has 1 aromatic carbocycles. The van der Waals surface area contributed by atoms with Crippen molar-refractivity contribution in [3.8, 4) is 0 Å². The molecule has 0 spiro atoms. The maximum atomic E-state index is 12.8. The van der Waals surface area contributed by atoms with Crippen LogP contribution in [0.25, 0.3) is 0 Å². The number of hydrogen-bond acceptors (Lipinski definition) is 7. The second kappa shape index (κ2) is 7.19. The van der Waals surface area contributed by atoms with Gasteiger partial charge in [0.05, 0.1) is 28.6 Å². The highest BCUT2D eigenvalue weighted by atomic mass is 19.4. The van der Waals surface area contributed by atoms with E-state index < -0.39 is 51.9 Å². The van der Waals surface area contributed by atoms with Crippen LogP contribution in [-0.2, 0) is 6.18 Å². The molecule has 0 aliphatic carbocycles. The number of benzene rings is 1. The summed E-state index contributed by atoms with van der Waals surface area (Å²) in [5.41, 5.74) is -4.49. The van der Waals surface area contributed by atoms with Gasteiger partial charge in [0, 0.05) is 25.2 Å². The van der Waals surface area contributed by atoms with Gasteiger partial charge in [-0.1, -0.05) is 0 Å². The first-order chi connectivity index (χ1) is 10.6. The van der Waals surface area contributed by atoms with Gasteiger partial charge in [-0.25, -0.2) is 0 Å². The minimum Gasteiger partial charge on any atom is -0.395 e. The highest BCUT2D eigenvalue weighted by Crippen LogP contribution is 2.42. The van der Waals surface area contributed by atoms with Gasteiger partial charge in [0.2, 0.25) is 0 Å². The van der Waals surface area contributed by atoms with Crippen LogP contribution in [0.2, 0.25) is 0 Å². The first kappa shape index (κ1) is 18.6. The van der Waals surface area contributed by atoms with E-state index in [1.807, 2.05) is 0 Å². The van der Waals surface area contributed by atoms with E-state index in [4.69, 9.17) is 10.2 Å². The molecule has 128 valence electrons. The van der Waals surface area contributed by atoms with Crippen molar-refractivity contribution in [2.24, 2.45) is 0 Å². The molecule has 0 unspecified atom stereocenters. The van der Waals surface area contributed by atoms with Gasteiger partial charge >= 0.3 is 6.18 Å². The van der Waals surface area contributed by atoms with Crippen molar-refractivity contribution < 1.29 is 33.2 Å². The zero-order valence-corrected chi connectivity index (χ0v) is 11.5. The summed E-state index contributed by atoms with van der Waals surface area (Å²) in [6, 6.07) is 0.369. The number of aliphatic hydroxyl groups excluding tert-OH is 2. The van der Waals surface area contributed by atoms with E-state index >= 15 is 0 Å². The van der Waals surface area contributed by atoms with Crippen LogP contribution in [0.3, 0.4) is 0 Å². The summed E-state index contributed by atoms with van der Waals surface area (Å²) in [5.74, 6) is 0. The van der Waals surface area contributed by atoms with Crippen molar-refractivity contribution in [1.29, 1.82) is 0 Å². The number of anilines is 1. The van der Waals surface area contributed by atoms with Crippen molar-refractivity contribution in [2.75, 3.05) is 31.2 Å². The van der Waals surface area contributed by atoms with Crippen LogP contribution >= 0.6 is 0 Å². The largest absolute Gasteiger partial charge is 0.416 e. The van der Waals surface area contributed by atoms with Gasteiger partial charge in [0.15, 0.2) is 5.69 Å². The van der Waals surface area contributed by atoms with E-state index in [0.29, 0.717) is 0 Å². The zero-order chi connectivity index (χ0) is 17.8. The third kappa shape index (κ3) is 4.26. The van der Waals surface area contributed by atoms with Crippen molar-refractivity contribution in [1.82, 2.24) is 0 Å². The van der Waals surface area contributed by atoms with Crippen LogP contribution in [0.4, 0.5) is 30.2 Å². The van der Waals surface area contributed by atoms with Gasteiger partial charge in [-0.05, 0) is 0 Å². The lowest BCUT2D eigenvalue weighted by molar-refractivity contribution is -0.393. The first-order valence-electron chi connectivity index (χ1n) is 6.14. The molecular formula is C11H12F3N3O6. The van der Waals surface area contributed by atoms with Crippen molar-refractivity contribution >= 4 is 17.1 Å². The summed E-state index contributed by atoms with van der Waals surface area (Å²) in [5, 5.41) is 40.0. The van der Waals surface area contributed by atoms with Gasteiger partial charge in [-0.2, -0.15) is 13.2 Å². The molecule has 0 amide bonds. The number of nitrogens with zero attached hydrogens (tertiary/aromatic N) is 3. The zero-order valence-electron chi connectivity index (χ0n) is 11.5. The summed E-state index contributed by atoms with van der Waals surface area (Å²) in [4.78, 5) is 20.6. The Hall–Kier alpha value is -2.47. The molecule has 23 heavy (non-hydrogen) atoms. The maximum absolute atomic E-state index is 12.8. The van der Waals surface area contributed by atoms with Crippen LogP contribution in [0.15, 0.2) is 12.1 Å². The highest BCUT2D eigenvalue weighted by molar-refractivity contribution is 5.76. The fraction of sp³-hybridized carbons (Fsp3) is 0.455. The second-order valence-corrected chi connectivity index (χ2v) is 4.31. The predicted molar refractivity (Wildman–Crippen MR) is 71.1 cm³/mol. The smallest absolute Gasteiger partial charge is 0.395 e. The maximum Gasteiger partial charge on any atom is 0.416 e. The minimum atomic E-state index is -5.01. The average Bonchev–Trinajstić information content (AvgIpc) is 2.44. The van der Waals surface area contributed by atoms with Crippen LogP contribution < -0.4 is 4.90 Å². The lowest BCUT2D eigenvalue weighted by Gasteiger charge is -2.22. The van der Waals surface area contributed by atoms with E-state index in [0.717, 1.165) is 4.90 Å². The van der Waals surface area contributed by atoms with Gasteiger partial charge < -0.3 is 15.1 Å². The van der Waals surface area contributed by atoms with E-state index in [2.05, 4.69) is 0 Å². The minimum absolute atomic E-state index is 0.185. The Kier molecular flexibility index (Phi) is 5.81. The molecular weight excluding hydrogens is 327 g/mol. The molecule has 0 radical (unpaired) electrons. The first-order valence-corrected chi connectivity index (χ1v) is 6.14. The fourth-order valence-corrected chi connectivity index (χ4v) is 1.95. The molecule has 0 bridgehead atoms. The molecule has 1 rings (SSSR count). The van der Waals surface area contributed by atoms with Crippen LogP contribution in [0, 0.1) is 20.2 Å². The molecule has 0 aliphatic rings. The molecule has 1 aromatic rings. The van der Waals surface area contributed by atoms with Crippen LogP contribution in [0.1, 0.15) is 5.56 Å². The molecule has 0 aliphatic heterocycles. The van der Waals surface area contributed by atoms with E-state index in [1.54, 1.807) is 0 Å². The van der Waals surface area contributed by atoms with Crippen molar-refractivity contribution in [3.05, 3.63) is 37.9 Å². The van der Waals surface area contributed by atoms with Gasteiger partial charge in [0.25, 0.3) is 11.4 Å². The molecule has 2 N–H and O–H groups in total. The molecule has 0 saturated carbocycles. The quantitative estimate of drug-likeness (QED) is 0.566. The van der Waals surface area contributed by atoms with Crippen LogP contribution in [-0.4, -0.2) is 46.4 Å². The Bertz CT molecular complexity index is 566. The van der Waals surface area contributed by atoms with Crippen molar-refractivity contribution in [2.45, 2.75) is 6.18 Å². The molecule has 0 fully saturated rings. The molecule has 9 nitrogen and oxygen atoms in total. The number of rotatable bonds is 7. The van der Waals surface area contributed by atoms with E-state index in [1.165, 1.54) is 0 Å². The SMILES string of the molecule is O=[N+]([O-])c1cc(C(F)(F)F)cc([N+](=O)[O-])c1N(CCO)CCO. The third-order valence-corrected chi connectivity index (χ3v) is 2.85. The lowest BCUT2D eigenvalue weighted by Crippen LogP contribution is -2.31. The molecule has 0 aromatic heterocycles. The average molecular weight is 339 g/mol. The summed E-state index contributed by atoms with van der Waals surface area (Å²) < 4.78 is 38.3. The normalized spacial score (nSPS) is 11.3. The van der Waals surface area contributed by atoms with Crippen molar-refractivity contribution in [3.63, 3.8) is 0 Å². The Balaban J connectivity index is 3.70. The number of aliphatic hydroxyl groups is 2. The highest BCUT2D eigenvalue weighted by Gasteiger charge is 2.39. The standard InChI is InChI=1S/C11H12F3N3O6/c12-11(13,14)7-5-8(16(20)21)10(9(6-7)17(22)23)15(1-3-18)2-4-19/h5-6,18-19H,1-4H2. The van der Waals surface area contributed by atoms with Gasteiger partial charge in [-0.3, -0.25) is 20.2 Å². The summed E-state index contributed by atoms with van der Waals surface area (Å²) in [7, 11) is 0.